The van der Waals surface area contributed by atoms with Crippen LogP contribution in [-0.2, 0) is 0 Å². The fraction of sp³-hybridized carbons (Fsp3) is 0.292. The molecule has 4 rings (SSSR count). The molecule has 0 saturated heterocycles. The highest BCUT2D eigenvalue weighted by atomic mass is 32.1. The van der Waals surface area contributed by atoms with Gasteiger partial charge in [-0.2, -0.15) is 0 Å². The number of hydrogen-bond donors (Lipinski definition) is 2. The molecule has 2 heterocycles. The first-order valence-corrected chi connectivity index (χ1v) is 11.6. The Morgan fingerprint density at radius 2 is 1.81 bits per heavy atom. The van der Waals surface area contributed by atoms with Crippen molar-refractivity contribution in [3.8, 4) is 11.3 Å². The number of benzene rings is 2. The van der Waals surface area contributed by atoms with Gasteiger partial charge in [0.2, 0.25) is 0 Å². The van der Waals surface area contributed by atoms with Crippen LogP contribution in [0.5, 0.6) is 0 Å². The van der Waals surface area contributed by atoms with Crippen LogP contribution in [0.15, 0.2) is 48.7 Å². The van der Waals surface area contributed by atoms with E-state index in [9.17, 15) is 9.59 Å². The number of carbonyl (C=O) groups excluding carboxylic acids is 1. The Balaban J connectivity index is 1.48. The molecule has 2 N–H and O–H groups in total. The summed E-state index contributed by atoms with van der Waals surface area (Å²) in [6.45, 7) is 7.98. The summed E-state index contributed by atoms with van der Waals surface area (Å²) in [6, 6.07) is 12.4. The van der Waals surface area contributed by atoms with Crippen LogP contribution in [0, 0.1) is 0 Å². The molecular formula is C24H26N4O3S. The minimum absolute atomic E-state index is 0.0586. The Kier molecular flexibility index (Phi) is 6.53. The number of carboxylic acids is 1. The van der Waals surface area contributed by atoms with Crippen molar-refractivity contribution in [3.05, 3.63) is 59.8 Å². The molecule has 0 aliphatic heterocycles. The van der Waals surface area contributed by atoms with E-state index in [0.717, 1.165) is 52.5 Å². The maximum absolute atomic E-state index is 12.6. The molecule has 0 saturated carbocycles. The average Bonchev–Trinajstić information content (AvgIpc) is 3.36. The lowest BCUT2D eigenvalue weighted by Crippen LogP contribution is -2.29. The van der Waals surface area contributed by atoms with Gasteiger partial charge in [-0.05, 0) is 56.4 Å². The zero-order chi connectivity index (χ0) is 22.7. The molecule has 7 nitrogen and oxygen atoms in total. The summed E-state index contributed by atoms with van der Waals surface area (Å²) >= 11 is 1.53. The average molecular weight is 451 g/mol. The topological polar surface area (TPSA) is 86.9 Å². The van der Waals surface area contributed by atoms with Crippen molar-refractivity contribution in [2.24, 2.45) is 0 Å². The summed E-state index contributed by atoms with van der Waals surface area (Å²) in [5, 5.41) is 12.1. The first kappa shape index (κ1) is 22.0. The van der Waals surface area contributed by atoms with Crippen molar-refractivity contribution in [2.45, 2.75) is 20.3 Å². The number of imidazole rings is 1. The second kappa shape index (κ2) is 9.50. The number of hydrogen-bond acceptors (Lipinski definition) is 5. The van der Waals surface area contributed by atoms with Gasteiger partial charge in [0.1, 0.15) is 0 Å². The normalized spacial score (nSPS) is 11.5. The minimum atomic E-state index is -0.947. The molecule has 0 fully saturated rings. The molecule has 32 heavy (non-hydrogen) atoms. The Bertz CT molecular complexity index is 1260. The van der Waals surface area contributed by atoms with E-state index in [0.29, 0.717) is 12.1 Å². The van der Waals surface area contributed by atoms with E-state index in [2.05, 4.69) is 24.1 Å². The smallest absolute Gasteiger partial charge is 0.335 e. The van der Waals surface area contributed by atoms with Crippen LogP contribution in [0.25, 0.3) is 26.4 Å². The van der Waals surface area contributed by atoms with E-state index in [4.69, 9.17) is 10.1 Å². The standard InChI is InChI=1S/C24H26N4O3S/c1-3-27(4-2)13-5-12-25-22(29)18-10-11-20-21(14-18)32-24-26-19(15-28(20)24)16-6-8-17(9-7-16)23(30)31/h6-11,14-15H,3-5,12-13H2,1-2H3,(H,25,29)(H,30,31). The maximum atomic E-state index is 12.6. The van der Waals surface area contributed by atoms with Gasteiger partial charge in [0, 0.05) is 23.9 Å². The molecule has 0 aliphatic carbocycles. The Hall–Kier alpha value is -3.23. The Morgan fingerprint density at radius 3 is 2.50 bits per heavy atom. The second-order valence-electron chi connectivity index (χ2n) is 7.58. The van der Waals surface area contributed by atoms with E-state index in [-0.39, 0.29) is 11.5 Å². The van der Waals surface area contributed by atoms with Crippen molar-refractivity contribution in [1.82, 2.24) is 19.6 Å². The lowest BCUT2D eigenvalue weighted by atomic mass is 10.1. The molecule has 4 aromatic rings. The highest BCUT2D eigenvalue weighted by Crippen LogP contribution is 2.30. The number of fused-ring (bicyclic) bond motifs is 3. The van der Waals surface area contributed by atoms with E-state index in [1.165, 1.54) is 11.3 Å². The summed E-state index contributed by atoms with van der Waals surface area (Å²) in [6.07, 6.45) is 2.87. The zero-order valence-corrected chi connectivity index (χ0v) is 19.0. The van der Waals surface area contributed by atoms with Crippen LogP contribution in [0.4, 0.5) is 0 Å². The van der Waals surface area contributed by atoms with Gasteiger partial charge in [-0.3, -0.25) is 9.20 Å². The molecule has 0 unspecified atom stereocenters. The van der Waals surface area contributed by atoms with E-state index in [1.54, 1.807) is 24.3 Å². The summed E-state index contributed by atoms with van der Waals surface area (Å²) in [4.78, 5) is 31.5. The summed E-state index contributed by atoms with van der Waals surface area (Å²) in [5.74, 6) is -1.01. The molecular weight excluding hydrogens is 424 g/mol. The summed E-state index contributed by atoms with van der Waals surface area (Å²) in [5.41, 5.74) is 3.53. The van der Waals surface area contributed by atoms with Gasteiger partial charge >= 0.3 is 5.97 Å². The van der Waals surface area contributed by atoms with Gasteiger partial charge < -0.3 is 15.3 Å². The highest BCUT2D eigenvalue weighted by molar-refractivity contribution is 7.23. The largest absolute Gasteiger partial charge is 0.478 e. The molecule has 0 radical (unpaired) electrons. The number of rotatable bonds is 9. The Labute approximate surface area is 190 Å². The monoisotopic (exact) mass is 450 g/mol. The number of thiazole rings is 1. The van der Waals surface area contributed by atoms with Crippen LogP contribution in [-0.4, -0.2) is 57.4 Å². The number of amides is 1. The number of nitrogens with one attached hydrogen (secondary N) is 1. The van der Waals surface area contributed by atoms with Gasteiger partial charge in [-0.25, -0.2) is 9.78 Å². The molecule has 0 spiro atoms. The van der Waals surface area contributed by atoms with Crippen molar-refractivity contribution < 1.29 is 14.7 Å². The van der Waals surface area contributed by atoms with Crippen molar-refractivity contribution >= 4 is 38.4 Å². The fourth-order valence-corrected chi connectivity index (χ4v) is 4.76. The molecule has 0 atom stereocenters. The van der Waals surface area contributed by atoms with Crippen LogP contribution in [0.3, 0.4) is 0 Å². The predicted molar refractivity (Wildman–Crippen MR) is 128 cm³/mol. The van der Waals surface area contributed by atoms with Gasteiger partial charge in [0.25, 0.3) is 5.91 Å². The molecule has 1 amide bonds. The summed E-state index contributed by atoms with van der Waals surface area (Å²) in [7, 11) is 0. The lowest BCUT2D eigenvalue weighted by molar-refractivity contribution is 0.0696. The van der Waals surface area contributed by atoms with E-state index in [1.807, 2.05) is 28.8 Å². The molecule has 0 bridgehead atoms. The highest BCUT2D eigenvalue weighted by Gasteiger charge is 2.13. The van der Waals surface area contributed by atoms with Crippen molar-refractivity contribution in [2.75, 3.05) is 26.2 Å². The SMILES string of the molecule is CCN(CC)CCCNC(=O)c1ccc2c(c1)sc1nc(-c3ccc(C(=O)O)cc3)cn12. The van der Waals surface area contributed by atoms with Gasteiger partial charge in [0.05, 0.1) is 21.5 Å². The number of aromatic nitrogens is 2. The molecule has 0 aliphatic rings. The Morgan fingerprint density at radius 1 is 1.09 bits per heavy atom. The van der Waals surface area contributed by atoms with Gasteiger partial charge in [-0.1, -0.05) is 37.3 Å². The molecule has 2 aromatic heterocycles. The third-order valence-electron chi connectivity index (χ3n) is 5.62. The lowest BCUT2D eigenvalue weighted by Gasteiger charge is -2.17. The number of aromatic carboxylic acids is 1. The second-order valence-corrected chi connectivity index (χ2v) is 8.59. The molecule has 166 valence electrons. The number of carbonyl (C=O) groups is 2. The predicted octanol–water partition coefficient (Wildman–Crippen LogP) is 4.38. The van der Waals surface area contributed by atoms with Crippen LogP contribution >= 0.6 is 11.3 Å². The quantitative estimate of drug-likeness (QED) is 0.370. The first-order valence-electron chi connectivity index (χ1n) is 10.8. The summed E-state index contributed by atoms with van der Waals surface area (Å²) < 4.78 is 3.00. The van der Waals surface area contributed by atoms with Crippen molar-refractivity contribution in [1.29, 1.82) is 0 Å². The third-order valence-corrected chi connectivity index (χ3v) is 6.63. The molecule has 2 aromatic carbocycles. The van der Waals surface area contributed by atoms with Crippen molar-refractivity contribution in [3.63, 3.8) is 0 Å². The van der Waals surface area contributed by atoms with E-state index >= 15 is 0 Å². The van der Waals surface area contributed by atoms with Crippen LogP contribution in [0.2, 0.25) is 0 Å². The van der Waals surface area contributed by atoms with Crippen LogP contribution in [0.1, 0.15) is 41.0 Å². The van der Waals surface area contributed by atoms with Gasteiger partial charge in [-0.15, -0.1) is 0 Å². The maximum Gasteiger partial charge on any atom is 0.335 e. The number of carboxylic acid groups (broad SMARTS) is 1. The zero-order valence-electron chi connectivity index (χ0n) is 18.2. The third kappa shape index (κ3) is 4.51. The van der Waals surface area contributed by atoms with Crippen LogP contribution < -0.4 is 5.32 Å². The molecule has 8 heteroatoms. The fourth-order valence-electron chi connectivity index (χ4n) is 3.71. The minimum Gasteiger partial charge on any atom is -0.478 e. The van der Waals surface area contributed by atoms with E-state index < -0.39 is 5.97 Å². The van der Waals surface area contributed by atoms with Gasteiger partial charge in [0.15, 0.2) is 4.96 Å². The number of nitrogens with zero attached hydrogens (tertiary/aromatic N) is 3. The first-order chi connectivity index (χ1) is 15.5.